The molecule has 0 aliphatic carbocycles. The Morgan fingerprint density at radius 3 is 2.00 bits per heavy atom. The standard InChI is InChI=1S/C25H19FN2/c26-22-16-12-20(13-17-22)7-3-1-2-6-19-10-14-21(15-11-19)25-18-27-23-8-4-5-9-24(23)28-25/h2-18H,1H2. The third-order valence-electron chi connectivity index (χ3n) is 4.42. The maximum absolute atomic E-state index is 12.9. The molecule has 1 heterocycles. The molecule has 0 fully saturated rings. The summed E-state index contributed by atoms with van der Waals surface area (Å²) in [5.74, 6) is -0.213. The van der Waals surface area contributed by atoms with E-state index in [0.717, 1.165) is 39.8 Å². The van der Waals surface area contributed by atoms with Gasteiger partial charge in [-0.15, -0.1) is 0 Å². The van der Waals surface area contributed by atoms with Crippen molar-refractivity contribution in [2.24, 2.45) is 0 Å². The Hall–Kier alpha value is -3.59. The molecule has 0 unspecified atom stereocenters. The van der Waals surface area contributed by atoms with E-state index in [0.29, 0.717) is 0 Å². The normalized spacial score (nSPS) is 11.6. The molecule has 0 amide bonds. The summed E-state index contributed by atoms with van der Waals surface area (Å²) in [4.78, 5) is 9.16. The summed E-state index contributed by atoms with van der Waals surface area (Å²) in [6.07, 6.45) is 10.9. The molecule has 0 spiro atoms. The Morgan fingerprint density at radius 2 is 1.32 bits per heavy atom. The Morgan fingerprint density at radius 1 is 0.714 bits per heavy atom. The van der Waals surface area contributed by atoms with E-state index in [9.17, 15) is 4.39 Å². The number of para-hydroxylation sites is 2. The molecule has 28 heavy (non-hydrogen) atoms. The molecule has 136 valence electrons. The fourth-order valence-corrected chi connectivity index (χ4v) is 2.92. The quantitative estimate of drug-likeness (QED) is 0.400. The van der Waals surface area contributed by atoms with Crippen LogP contribution in [0.25, 0.3) is 34.4 Å². The minimum absolute atomic E-state index is 0.213. The lowest BCUT2D eigenvalue weighted by atomic mass is 10.1. The zero-order valence-electron chi connectivity index (χ0n) is 15.3. The fourth-order valence-electron chi connectivity index (χ4n) is 2.92. The van der Waals surface area contributed by atoms with Gasteiger partial charge in [-0.25, -0.2) is 9.37 Å². The number of aromatic nitrogens is 2. The van der Waals surface area contributed by atoms with Gasteiger partial charge in [0, 0.05) is 5.56 Å². The molecular formula is C25H19FN2. The maximum Gasteiger partial charge on any atom is 0.123 e. The van der Waals surface area contributed by atoms with E-state index < -0.39 is 0 Å². The van der Waals surface area contributed by atoms with Gasteiger partial charge in [0.1, 0.15) is 5.82 Å². The second-order valence-electron chi connectivity index (χ2n) is 6.46. The second-order valence-corrected chi connectivity index (χ2v) is 6.46. The van der Waals surface area contributed by atoms with E-state index in [2.05, 4.69) is 52.5 Å². The van der Waals surface area contributed by atoms with Crippen molar-refractivity contribution in [1.29, 1.82) is 0 Å². The predicted molar refractivity (Wildman–Crippen MR) is 114 cm³/mol. The van der Waals surface area contributed by atoms with E-state index in [1.165, 1.54) is 12.1 Å². The molecule has 4 aromatic rings. The molecule has 4 rings (SSSR count). The van der Waals surface area contributed by atoms with E-state index in [-0.39, 0.29) is 5.82 Å². The van der Waals surface area contributed by atoms with Crippen LogP contribution in [-0.4, -0.2) is 9.97 Å². The first-order valence-electron chi connectivity index (χ1n) is 9.19. The van der Waals surface area contributed by atoms with Crippen LogP contribution in [0, 0.1) is 5.82 Å². The molecule has 0 N–H and O–H groups in total. The van der Waals surface area contributed by atoms with Crippen LogP contribution < -0.4 is 0 Å². The molecule has 0 atom stereocenters. The van der Waals surface area contributed by atoms with Crippen LogP contribution in [0.3, 0.4) is 0 Å². The number of benzene rings is 3. The summed E-state index contributed by atoms with van der Waals surface area (Å²) in [5, 5.41) is 0. The first kappa shape index (κ1) is 17.8. The van der Waals surface area contributed by atoms with Crippen molar-refractivity contribution in [2.75, 3.05) is 0 Å². The maximum atomic E-state index is 12.9. The van der Waals surface area contributed by atoms with Gasteiger partial charge in [0.2, 0.25) is 0 Å². The van der Waals surface area contributed by atoms with Gasteiger partial charge in [-0.05, 0) is 41.8 Å². The van der Waals surface area contributed by atoms with Crippen molar-refractivity contribution in [2.45, 2.75) is 6.42 Å². The Balaban J connectivity index is 1.39. The fraction of sp³-hybridized carbons (Fsp3) is 0.0400. The van der Waals surface area contributed by atoms with Crippen LogP contribution >= 0.6 is 0 Å². The predicted octanol–water partition coefficient (Wildman–Crippen LogP) is 6.55. The molecular weight excluding hydrogens is 347 g/mol. The topological polar surface area (TPSA) is 25.8 Å². The number of halogens is 1. The SMILES string of the molecule is Fc1ccc(C=CCC=Cc2ccc(-c3cnc4ccccc4n3)cc2)cc1. The number of allylic oxidation sites excluding steroid dienone is 2. The Kier molecular flexibility index (Phi) is 5.34. The highest BCUT2D eigenvalue weighted by atomic mass is 19.1. The van der Waals surface area contributed by atoms with Gasteiger partial charge in [0.15, 0.2) is 0 Å². The van der Waals surface area contributed by atoms with Gasteiger partial charge in [0.05, 0.1) is 22.9 Å². The van der Waals surface area contributed by atoms with Crippen molar-refractivity contribution in [1.82, 2.24) is 9.97 Å². The number of rotatable bonds is 5. The lowest BCUT2D eigenvalue weighted by molar-refractivity contribution is 0.628. The number of fused-ring (bicyclic) bond motifs is 1. The molecule has 0 saturated carbocycles. The van der Waals surface area contributed by atoms with Crippen molar-refractivity contribution >= 4 is 23.2 Å². The molecule has 1 aromatic heterocycles. The summed E-state index contributed by atoms with van der Waals surface area (Å²) in [5.41, 5.74) is 5.85. The van der Waals surface area contributed by atoms with Crippen LogP contribution in [0.2, 0.25) is 0 Å². The third kappa shape index (κ3) is 4.38. The van der Waals surface area contributed by atoms with Crippen molar-refractivity contribution in [3.63, 3.8) is 0 Å². The first-order chi connectivity index (χ1) is 13.8. The van der Waals surface area contributed by atoms with Crippen LogP contribution in [0.5, 0.6) is 0 Å². The second kappa shape index (κ2) is 8.40. The van der Waals surface area contributed by atoms with Gasteiger partial charge < -0.3 is 0 Å². The van der Waals surface area contributed by atoms with Crippen molar-refractivity contribution in [3.05, 3.63) is 108 Å². The monoisotopic (exact) mass is 366 g/mol. The highest BCUT2D eigenvalue weighted by Crippen LogP contribution is 2.20. The summed E-state index contributed by atoms with van der Waals surface area (Å²) >= 11 is 0. The smallest absolute Gasteiger partial charge is 0.123 e. The summed E-state index contributed by atoms with van der Waals surface area (Å²) in [6, 6.07) is 22.6. The Bertz CT molecular complexity index is 1130. The molecule has 2 nitrogen and oxygen atoms in total. The third-order valence-corrected chi connectivity index (χ3v) is 4.42. The number of nitrogens with zero attached hydrogens (tertiary/aromatic N) is 2. The average molecular weight is 366 g/mol. The lowest BCUT2D eigenvalue weighted by Gasteiger charge is -2.03. The molecule has 0 bridgehead atoms. The highest BCUT2D eigenvalue weighted by molar-refractivity contribution is 5.77. The number of hydrogen-bond acceptors (Lipinski definition) is 2. The lowest BCUT2D eigenvalue weighted by Crippen LogP contribution is -1.88. The van der Waals surface area contributed by atoms with Gasteiger partial charge >= 0.3 is 0 Å². The minimum Gasteiger partial charge on any atom is -0.252 e. The van der Waals surface area contributed by atoms with Crippen LogP contribution in [0.4, 0.5) is 4.39 Å². The summed E-state index contributed by atoms with van der Waals surface area (Å²) in [6.45, 7) is 0. The number of hydrogen-bond donors (Lipinski definition) is 0. The summed E-state index contributed by atoms with van der Waals surface area (Å²) < 4.78 is 12.9. The van der Waals surface area contributed by atoms with Gasteiger partial charge in [-0.2, -0.15) is 0 Å². The molecule has 0 aliphatic rings. The van der Waals surface area contributed by atoms with Gasteiger partial charge in [-0.3, -0.25) is 4.98 Å². The van der Waals surface area contributed by atoms with Crippen molar-refractivity contribution < 1.29 is 4.39 Å². The van der Waals surface area contributed by atoms with E-state index in [1.807, 2.05) is 36.5 Å². The van der Waals surface area contributed by atoms with E-state index in [1.54, 1.807) is 12.1 Å². The van der Waals surface area contributed by atoms with Crippen LogP contribution in [0.15, 0.2) is 91.1 Å². The van der Waals surface area contributed by atoms with Gasteiger partial charge in [-0.1, -0.05) is 72.8 Å². The first-order valence-corrected chi connectivity index (χ1v) is 9.19. The molecule has 3 aromatic carbocycles. The molecule has 0 saturated heterocycles. The largest absolute Gasteiger partial charge is 0.252 e. The van der Waals surface area contributed by atoms with Gasteiger partial charge in [0.25, 0.3) is 0 Å². The van der Waals surface area contributed by atoms with Crippen LogP contribution in [0.1, 0.15) is 17.5 Å². The van der Waals surface area contributed by atoms with E-state index in [4.69, 9.17) is 0 Å². The van der Waals surface area contributed by atoms with Crippen LogP contribution in [-0.2, 0) is 0 Å². The zero-order chi connectivity index (χ0) is 19.2. The average Bonchev–Trinajstić information content (AvgIpc) is 2.75. The molecule has 0 radical (unpaired) electrons. The summed E-state index contributed by atoms with van der Waals surface area (Å²) in [7, 11) is 0. The molecule has 0 aliphatic heterocycles. The van der Waals surface area contributed by atoms with E-state index >= 15 is 0 Å². The zero-order valence-corrected chi connectivity index (χ0v) is 15.3. The van der Waals surface area contributed by atoms with Crippen molar-refractivity contribution in [3.8, 4) is 11.3 Å². The minimum atomic E-state index is -0.213. The highest BCUT2D eigenvalue weighted by Gasteiger charge is 2.02. The molecule has 3 heteroatoms. The Labute approximate surface area is 163 Å².